The highest BCUT2D eigenvalue weighted by atomic mass is 127. The average Bonchev–Trinajstić information content (AvgIpc) is 2.54. The zero-order valence-electron chi connectivity index (χ0n) is 14.8. The van der Waals surface area contributed by atoms with Gasteiger partial charge < -0.3 is 15.0 Å². The molecule has 0 spiro atoms. The predicted molar refractivity (Wildman–Crippen MR) is 110 cm³/mol. The van der Waals surface area contributed by atoms with E-state index in [0.717, 1.165) is 17.9 Å². The van der Waals surface area contributed by atoms with Crippen LogP contribution in [0.15, 0.2) is 29.3 Å². The van der Waals surface area contributed by atoms with Crippen molar-refractivity contribution in [2.24, 2.45) is 4.99 Å². The quantitative estimate of drug-likeness (QED) is 0.359. The summed E-state index contributed by atoms with van der Waals surface area (Å²) in [7, 11) is 0.567. The summed E-state index contributed by atoms with van der Waals surface area (Å²) in [4.78, 5) is 6.37. The maximum absolute atomic E-state index is 11.6. The van der Waals surface area contributed by atoms with E-state index >= 15 is 0 Å². The van der Waals surface area contributed by atoms with Crippen molar-refractivity contribution < 1.29 is 13.2 Å². The number of hydrogen-bond donors (Lipinski definition) is 1. The molecule has 0 fully saturated rings. The van der Waals surface area contributed by atoms with E-state index < -0.39 is 9.84 Å². The van der Waals surface area contributed by atoms with Crippen LogP contribution in [0.4, 0.5) is 0 Å². The molecule has 0 heterocycles. The van der Waals surface area contributed by atoms with Gasteiger partial charge in [-0.25, -0.2) is 8.42 Å². The van der Waals surface area contributed by atoms with Gasteiger partial charge in [-0.1, -0.05) is 25.1 Å². The molecule has 0 aliphatic heterocycles. The molecule has 0 aliphatic rings. The van der Waals surface area contributed by atoms with Crippen molar-refractivity contribution in [3.05, 3.63) is 29.8 Å². The topological polar surface area (TPSA) is 71.0 Å². The second kappa shape index (κ2) is 11.5. The SMILES string of the molecule is CCNC(=NCCS(=O)(=O)CC)N(C)Cc1ccccc1OC.I. The molecule has 1 aromatic rings. The first-order valence-corrected chi connectivity index (χ1v) is 9.57. The molecule has 6 nitrogen and oxygen atoms in total. The molecule has 0 aliphatic carbocycles. The number of nitrogens with zero attached hydrogens (tertiary/aromatic N) is 2. The maximum Gasteiger partial charge on any atom is 0.193 e. The fraction of sp³-hybridized carbons (Fsp3) is 0.562. The highest BCUT2D eigenvalue weighted by Crippen LogP contribution is 2.18. The summed E-state index contributed by atoms with van der Waals surface area (Å²) in [5, 5.41) is 3.18. The van der Waals surface area contributed by atoms with Gasteiger partial charge in [0.1, 0.15) is 5.75 Å². The monoisotopic (exact) mass is 469 g/mol. The van der Waals surface area contributed by atoms with Gasteiger partial charge in [-0.3, -0.25) is 4.99 Å². The molecule has 0 atom stereocenters. The summed E-state index contributed by atoms with van der Waals surface area (Å²) in [5.74, 6) is 1.73. The number of halogens is 1. The molecule has 138 valence electrons. The Morgan fingerprint density at radius 2 is 1.96 bits per heavy atom. The number of ether oxygens (including phenoxy) is 1. The lowest BCUT2D eigenvalue weighted by Gasteiger charge is -2.23. The zero-order valence-corrected chi connectivity index (χ0v) is 17.9. The Balaban J connectivity index is 0.00000529. The third-order valence-electron chi connectivity index (χ3n) is 3.40. The average molecular weight is 469 g/mol. The number of aliphatic imine (C=N–C) groups is 1. The van der Waals surface area contributed by atoms with E-state index in [-0.39, 0.29) is 42.0 Å². The second-order valence-corrected chi connectivity index (χ2v) is 7.61. The Kier molecular flexibility index (Phi) is 11.0. The van der Waals surface area contributed by atoms with Crippen LogP contribution in [0.3, 0.4) is 0 Å². The van der Waals surface area contributed by atoms with Crippen molar-refractivity contribution >= 4 is 39.8 Å². The third-order valence-corrected chi connectivity index (χ3v) is 5.08. The number of methoxy groups -OCH3 is 1. The van der Waals surface area contributed by atoms with Crippen molar-refractivity contribution in [3.8, 4) is 5.75 Å². The minimum atomic E-state index is -3.00. The smallest absolute Gasteiger partial charge is 0.193 e. The molecule has 0 unspecified atom stereocenters. The molecular formula is C16H28IN3O3S. The molecule has 0 amide bonds. The van der Waals surface area contributed by atoms with Gasteiger partial charge >= 0.3 is 0 Å². The Bertz CT molecular complexity index is 621. The van der Waals surface area contributed by atoms with Gasteiger partial charge in [0.05, 0.1) is 19.4 Å². The van der Waals surface area contributed by atoms with Crippen LogP contribution in [0.25, 0.3) is 0 Å². The highest BCUT2D eigenvalue weighted by Gasteiger charge is 2.11. The Labute approximate surface area is 162 Å². The molecule has 0 bridgehead atoms. The van der Waals surface area contributed by atoms with Crippen LogP contribution in [0, 0.1) is 0 Å². The van der Waals surface area contributed by atoms with Crippen molar-refractivity contribution in [1.29, 1.82) is 0 Å². The fourth-order valence-electron chi connectivity index (χ4n) is 2.07. The van der Waals surface area contributed by atoms with Gasteiger partial charge in [-0.15, -0.1) is 24.0 Å². The lowest BCUT2D eigenvalue weighted by atomic mass is 10.2. The number of rotatable bonds is 8. The Morgan fingerprint density at radius 1 is 1.29 bits per heavy atom. The number of sulfone groups is 1. The summed E-state index contributed by atoms with van der Waals surface area (Å²) in [5.41, 5.74) is 1.05. The van der Waals surface area contributed by atoms with E-state index in [1.54, 1.807) is 14.0 Å². The number of nitrogens with one attached hydrogen (secondary N) is 1. The molecule has 8 heteroatoms. The molecule has 0 saturated carbocycles. The van der Waals surface area contributed by atoms with Crippen LogP contribution < -0.4 is 10.1 Å². The molecule has 0 radical (unpaired) electrons. The molecular weight excluding hydrogens is 441 g/mol. The van der Waals surface area contributed by atoms with Crippen molar-refractivity contribution in [2.75, 3.05) is 38.8 Å². The van der Waals surface area contributed by atoms with E-state index in [1.165, 1.54) is 0 Å². The third kappa shape index (κ3) is 7.69. The first-order valence-electron chi connectivity index (χ1n) is 7.75. The van der Waals surface area contributed by atoms with Gasteiger partial charge in [-0.2, -0.15) is 0 Å². The lowest BCUT2D eigenvalue weighted by molar-refractivity contribution is 0.396. The van der Waals surface area contributed by atoms with Crippen LogP contribution in [0.5, 0.6) is 5.75 Å². The molecule has 0 saturated heterocycles. The Morgan fingerprint density at radius 3 is 2.54 bits per heavy atom. The first-order chi connectivity index (χ1) is 10.9. The molecule has 1 rings (SSSR count). The maximum atomic E-state index is 11.6. The molecule has 0 aromatic heterocycles. The summed E-state index contributed by atoms with van der Waals surface area (Å²) < 4.78 is 28.5. The van der Waals surface area contributed by atoms with E-state index in [2.05, 4.69) is 10.3 Å². The van der Waals surface area contributed by atoms with E-state index in [4.69, 9.17) is 4.74 Å². The fourth-order valence-corrected chi connectivity index (χ4v) is 2.73. The first kappa shape index (κ1) is 23.0. The van der Waals surface area contributed by atoms with Crippen LogP contribution >= 0.6 is 24.0 Å². The van der Waals surface area contributed by atoms with Gasteiger partial charge in [-0.05, 0) is 13.0 Å². The van der Waals surface area contributed by atoms with Crippen LogP contribution in [0.1, 0.15) is 19.4 Å². The van der Waals surface area contributed by atoms with Crippen molar-refractivity contribution in [3.63, 3.8) is 0 Å². The number of guanidine groups is 1. The van der Waals surface area contributed by atoms with Gasteiger partial charge in [0.25, 0.3) is 0 Å². The Hall–Kier alpha value is -1.03. The summed E-state index contributed by atoms with van der Waals surface area (Å²) in [6.07, 6.45) is 0. The summed E-state index contributed by atoms with van der Waals surface area (Å²) in [6, 6.07) is 7.81. The van der Waals surface area contributed by atoms with Crippen molar-refractivity contribution in [2.45, 2.75) is 20.4 Å². The van der Waals surface area contributed by atoms with E-state index in [0.29, 0.717) is 12.5 Å². The van der Waals surface area contributed by atoms with Crippen molar-refractivity contribution in [1.82, 2.24) is 10.2 Å². The van der Waals surface area contributed by atoms with Crippen LogP contribution in [-0.4, -0.2) is 58.0 Å². The standard InChI is InChI=1S/C16H27N3O3S.HI/c1-5-17-16(18-11-12-23(20,21)6-2)19(3)13-14-9-7-8-10-15(14)22-4;/h7-10H,5-6,11-13H2,1-4H3,(H,17,18);1H. The largest absolute Gasteiger partial charge is 0.496 e. The van der Waals surface area contributed by atoms with Gasteiger partial charge in [0.2, 0.25) is 0 Å². The summed E-state index contributed by atoms with van der Waals surface area (Å²) in [6.45, 7) is 5.23. The molecule has 1 N–H and O–H groups in total. The minimum absolute atomic E-state index is 0. The normalized spacial score (nSPS) is 11.6. The summed E-state index contributed by atoms with van der Waals surface area (Å²) >= 11 is 0. The zero-order chi connectivity index (χ0) is 17.3. The van der Waals surface area contributed by atoms with E-state index in [1.807, 2.05) is 43.1 Å². The van der Waals surface area contributed by atoms with Crippen LogP contribution in [0.2, 0.25) is 0 Å². The molecule has 1 aromatic carbocycles. The molecule has 24 heavy (non-hydrogen) atoms. The van der Waals surface area contributed by atoms with Crippen LogP contribution in [-0.2, 0) is 16.4 Å². The van der Waals surface area contributed by atoms with Gasteiger partial charge in [0.15, 0.2) is 15.8 Å². The second-order valence-electron chi connectivity index (χ2n) is 5.14. The lowest BCUT2D eigenvalue weighted by Crippen LogP contribution is -2.38. The highest BCUT2D eigenvalue weighted by molar-refractivity contribution is 14.0. The number of hydrogen-bond acceptors (Lipinski definition) is 4. The minimum Gasteiger partial charge on any atom is -0.496 e. The number of benzene rings is 1. The van der Waals surface area contributed by atoms with Gasteiger partial charge in [0, 0.05) is 31.5 Å². The number of para-hydroxylation sites is 1. The van der Waals surface area contributed by atoms with E-state index in [9.17, 15) is 8.42 Å². The predicted octanol–water partition coefficient (Wildman–Crippen LogP) is 2.15.